The lowest BCUT2D eigenvalue weighted by atomic mass is 9.73. The minimum absolute atomic E-state index is 0.172. The van der Waals surface area contributed by atoms with Crippen LogP contribution in [0.1, 0.15) is 50.0 Å². The Hall–Kier alpha value is -1.91. The highest BCUT2D eigenvalue weighted by Gasteiger charge is 2.42. The summed E-state index contributed by atoms with van der Waals surface area (Å²) < 4.78 is 5.44. The number of fused-ring (bicyclic) bond motifs is 4. The Balaban J connectivity index is 1.72. The number of aryl methyl sites for hydroxylation is 1. The quantitative estimate of drug-likeness (QED) is 0.718. The van der Waals surface area contributed by atoms with Crippen molar-refractivity contribution in [1.82, 2.24) is 9.88 Å². The van der Waals surface area contributed by atoms with Crippen LogP contribution in [0, 0.1) is 11.8 Å². The number of methoxy groups -OCH3 is 1. The fourth-order valence-corrected chi connectivity index (χ4v) is 5.06. The Labute approximate surface area is 168 Å². The lowest BCUT2D eigenvalue weighted by molar-refractivity contribution is -0.0445. The number of nitrogens with zero attached hydrogens (tertiary/aromatic N) is 2. The molecule has 1 unspecified atom stereocenters. The van der Waals surface area contributed by atoms with Crippen molar-refractivity contribution in [3.05, 3.63) is 48.2 Å². The van der Waals surface area contributed by atoms with Crippen molar-refractivity contribution in [2.24, 2.45) is 11.8 Å². The minimum atomic E-state index is -0.508. The molecule has 4 heterocycles. The average Bonchev–Trinajstić information content (AvgIpc) is 2.76. The number of hydrogen-bond donors (Lipinski definition) is 1. The van der Waals surface area contributed by atoms with E-state index >= 15 is 0 Å². The summed E-state index contributed by atoms with van der Waals surface area (Å²) in [5, 5.41) is 12.5. The molecule has 2 bridgehead atoms. The first-order chi connectivity index (χ1) is 13.6. The number of aliphatic hydroxyl groups is 1. The summed E-state index contributed by atoms with van der Waals surface area (Å²) in [6, 6.07) is 8.30. The van der Waals surface area contributed by atoms with E-state index in [9.17, 15) is 5.11 Å². The van der Waals surface area contributed by atoms with Crippen molar-refractivity contribution in [3.8, 4) is 5.75 Å². The van der Waals surface area contributed by atoms with Gasteiger partial charge in [-0.2, -0.15) is 0 Å². The Morgan fingerprint density at radius 1 is 1.39 bits per heavy atom. The van der Waals surface area contributed by atoms with Gasteiger partial charge in [0.25, 0.3) is 0 Å². The highest BCUT2D eigenvalue weighted by molar-refractivity contribution is 5.84. The first-order valence-corrected chi connectivity index (χ1v) is 10.7. The van der Waals surface area contributed by atoms with E-state index in [0.29, 0.717) is 11.8 Å². The number of piperidine rings is 3. The third-order valence-electron chi connectivity index (χ3n) is 6.72. The predicted molar refractivity (Wildman–Crippen MR) is 114 cm³/mol. The van der Waals surface area contributed by atoms with E-state index in [-0.39, 0.29) is 6.04 Å². The standard InChI is InChI=1S/C24H32N2O2/c1-4-6-7-18-13-21(20-14-19(28-3)8-9-22(20)25-18)24(27)23-12-17-10-11-26(23)15-16(17)5-2/h5,8-9,13-14,16-17,23-24,27H,2,4,6-7,10-12,15H2,1,3H3/t16-,17-,23+,24+/m0/s1. The van der Waals surface area contributed by atoms with E-state index in [1.54, 1.807) is 7.11 Å². The molecule has 0 radical (unpaired) electrons. The fraction of sp³-hybridized carbons (Fsp3) is 0.542. The molecule has 0 amide bonds. The van der Waals surface area contributed by atoms with Gasteiger partial charge in [-0.15, -0.1) is 6.58 Å². The van der Waals surface area contributed by atoms with Gasteiger partial charge in [0.2, 0.25) is 0 Å². The lowest BCUT2D eigenvalue weighted by Gasteiger charge is -2.50. The summed E-state index contributed by atoms with van der Waals surface area (Å²) in [6.45, 7) is 8.31. The second-order valence-electron chi connectivity index (χ2n) is 8.38. The highest BCUT2D eigenvalue weighted by atomic mass is 16.5. The van der Waals surface area contributed by atoms with Gasteiger partial charge in [0.1, 0.15) is 5.75 Å². The molecule has 2 aromatic rings. The molecule has 28 heavy (non-hydrogen) atoms. The van der Waals surface area contributed by atoms with Crippen molar-refractivity contribution in [2.75, 3.05) is 20.2 Å². The van der Waals surface area contributed by atoms with Gasteiger partial charge in [-0.05, 0) is 73.9 Å². The Bertz CT molecular complexity index is 850. The van der Waals surface area contributed by atoms with E-state index in [1.165, 1.54) is 6.42 Å². The van der Waals surface area contributed by atoms with Crippen LogP contribution in [-0.2, 0) is 6.42 Å². The maximum Gasteiger partial charge on any atom is 0.119 e. The van der Waals surface area contributed by atoms with E-state index in [0.717, 1.165) is 66.7 Å². The van der Waals surface area contributed by atoms with E-state index in [4.69, 9.17) is 9.72 Å². The molecule has 4 nitrogen and oxygen atoms in total. The second kappa shape index (κ2) is 8.22. The van der Waals surface area contributed by atoms with Gasteiger partial charge >= 0.3 is 0 Å². The Morgan fingerprint density at radius 3 is 2.93 bits per heavy atom. The SMILES string of the molecule is C=C[C@H]1CN2CC[C@H]1C[C@@H]2[C@H](O)c1cc(CCCC)nc2ccc(OC)cc12. The van der Waals surface area contributed by atoms with Gasteiger partial charge < -0.3 is 9.84 Å². The number of unbranched alkanes of at least 4 members (excludes halogenated alkanes) is 1. The molecule has 3 aliphatic heterocycles. The van der Waals surface area contributed by atoms with Crippen LogP contribution in [0.4, 0.5) is 0 Å². The van der Waals surface area contributed by atoms with Crippen LogP contribution in [-0.4, -0.2) is 41.2 Å². The van der Waals surface area contributed by atoms with E-state index < -0.39 is 6.10 Å². The lowest BCUT2D eigenvalue weighted by Crippen LogP contribution is -2.54. The van der Waals surface area contributed by atoms with E-state index in [2.05, 4.69) is 30.5 Å². The normalized spacial score (nSPS) is 27.7. The van der Waals surface area contributed by atoms with Crippen molar-refractivity contribution in [1.29, 1.82) is 0 Å². The van der Waals surface area contributed by atoms with Gasteiger partial charge in [0, 0.05) is 23.7 Å². The average molecular weight is 381 g/mol. The molecule has 1 aromatic carbocycles. The first kappa shape index (κ1) is 19.4. The molecule has 1 aromatic heterocycles. The van der Waals surface area contributed by atoms with Crippen LogP contribution in [0.2, 0.25) is 0 Å². The van der Waals surface area contributed by atoms with Gasteiger partial charge in [-0.1, -0.05) is 19.4 Å². The zero-order chi connectivity index (χ0) is 19.7. The number of aromatic nitrogens is 1. The maximum atomic E-state index is 11.5. The molecule has 150 valence electrons. The van der Waals surface area contributed by atoms with Gasteiger partial charge in [-0.3, -0.25) is 9.88 Å². The van der Waals surface area contributed by atoms with Crippen LogP contribution in [0.3, 0.4) is 0 Å². The van der Waals surface area contributed by atoms with Crippen molar-refractivity contribution in [3.63, 3.8) is 0 Å². The number of benzene rings is 1. The van der Waals surface area contributed by atoms with Crippen LogP contribution in [0.15, 0.2) is 36.9 Å². The number of pyridine rings is 1. The number of rotatable bonds is 7. The predicted octanol–water partition coefficient (Wildman–Crippen LogP) is 4.52. The molecule has 5 rings (SSSR count). The van der Waals surface area contributed by atoms with Gasteiger partial charge in [0.15, 0.2) is 0 Å². The molecule has 0 spiro atoms. The largest absolute Gasteiger partial charge is 0.497 e. The van der Waals surface area contributed by atoms with Gasteiger partial charge in [0.05, 0.1) is 18.7 Å². The molecule has 5 atom stereocenters. The molecule has 1 N–H and O–H groups in total. The zero-order valence-electron chi connectivity index (χ0n) is 17.1. The van der Waals surface area contributed by atoms with Crippen molar-refractivity contribution in [2.45, 2.75) is 51.2 Å². The van der Waals surface area contributed by atoms with Gasteiger partial charge in [-0.25, -0.2) is 0 Å². The molecular formula is C24H32N2O2. The van der Waals surface area contributed by atoms with Crippen LogP contribution in [0.25, 0.3) is 10.9 Å². The second-order valence-corrected chi connectivity index (χ2v) is 8.38. The molecule has 4 heteroatoms. The zero-order valence-corrected chi connectivity index (χ0v) is 17.1. The topological polar surface area (TPSA) is 45.6 Å². The fourth-order valence-electron chi connectivity index (χ4n) is 5.06. The van der Waals surface area contributed by atoms with Crippen molar-refractivity contribution < 1.29 is 9.84 Å². The molecule has 0 aliphatic carbocycles. The maximum absolute atomic E-state index is 11.5. The summed E-state index contributed by atoms with van der Waals surface area (Å²) in [7, 11) is 1.68. The molecule has 3 aliphatic rings. The Morgan fingerprint density at radius 2 is 2.25 bits per heavy atom. The number of ether oxygens (including phenoxy) is 1. The highest BCUT2D eigenvalue weighted by Crippen LogP contribution is 2.42. The summed E-state index contributed by atoms with van der Waals surface area (Å²) in [4.78, 5) is 7.32. The third kappa shape index (κ3) is 3.56. The van der Waals surface area contributed by atoms with Crippen LogP contribution < -0.4 is 4.74 Å². The van der Waals surface area contributed by atoms with E-state index in [1.807, 2.05) is 18.2 Å². The summed E-state index contributed by atoms with van der Waals surface area (Å²) in [5.41, 5.74) is 3.03. The van der Waals surface area contributed by atoms with Crippen LogP contribution in [0.5, 0.6) is 5.75 Å². The van der Waals surface area contributed by atoms with Crippen LogP contribution >= 0.6 is 0 Å². The summed E-state index contributed by atoms with van der Waals surface area (Å²) in [5.74, 6) is 2.01. The molecule has 3 saturated heterocycles. The number of aliphatic hydroxyl groups excluding tert-OH is 1. The Kier molecular flexibility index (Phi) is 5.70. The summed E-state index contributed by atoms with van der Waals surface area (Å²) >= 11 is 0. The molecule has 0 saturated carbocycles. The third-order valence-corrected chi connectivity index (χ3v) is 6.72. The van der Waals surface area contributed by atoms with Crippen molar-refractivity contribution >= 4 is 10.9 Å². The number of hydrogen-bond acceptors (Lipinski definition) is 4. The smallest absolute Gasteiger partial charge is 0.119 e. The monoisotopic (exact) mass is 380 g/mol. The first-order valence-electron chi connectivity index (χ1n) is 10.7. The molecular weight excluding hydrogens is 348 g/mol. The molecule has 3 fully saturated rings. The summed E-state index contributed by atoms with van der Waals surface area (Å²) in [6.07, 6.45) is 7.06. The minimum Gasteiger partial charge on any atom is -0.497 e.